The second-order valence-corrected chi connectivity index (χ2v) is 4.89. The van der Waals surface area contributed by atoms with Crippen LogP contribution in [0.15, 0.2) is 36.7 Å². The SMILES string of the molecule is CCCC(C(=O)OCC)n1cc(-c2ccc(N)cc2)cn1. The molecule has 1 heterocycles. The maximum absolute atomic E-state index is 12.0. The van der Waals surface area contributed by atoms with Crippen LogP contribution < -0.4 is 5.73 Å². The monoisotopic (exact) mass is 287 g/mol. The quantitative estimate of drug-likeness (QED) is 0.655. The molecular formula is C16H21N3O2. The van der Waals surface area contributed by atoms with E-state index in [1.165, 1.54) is 0 Å². The minimum Gasteiger partial charge on any atom is -0.464 e. The van der Waals surface area contributed by atoms with Crippen molar-refractivity contribution in [2.75, 3.05) is 12.3 Å². The van der Waals surface area contributed by atoms with Gasteiger partial charge in [0.2, 0.25) is 0 Å². The summed E-state index contributed by atoms with van der Waals surface area (Å²) in [6.07, 6.45) is 5.23. The summed E-state index contributed by atoms with van der Waals surface area (Å²) in [4.78, 5) is 12.0. The van der Waals surface area contributed by atoms with Gasteiger partial charge in [-0.2, -0.15) is 5.10 Å². The van der Waals surface area contributed by atoms with Gasteiger partial charge in [-0.05, 0) is 31.0 Å². The largest absolute Gasteiger partial charge is 0.464 e. The number of carbonyl (C=O) groups excluding carboxylic acids is 1. The molecule has 112 valence electrons. The molecule has 1 unspecified atom stereocenters. The van der Waals surface area contributed by atoms with Crippen LogP contribution in [-0.4, -0.2) is 22.4 Å². The highest BCUT2D eigenvalue weighted by molar-refractivity contribution is 5.74. The Labute approximate surface area is 124 Å². The lowest BCUT2D eigenvalue weighted by molar-refractivity contribution is -0.147. The third-order valence-corrected chi connectivity index (χ3v) is 3.29. The zero-order valence-electron chi connectivity index (χ0n) is 12.5. The Morgan fingerprint density at radius 2 is 2.00 bits per heavy atom. The number of anilines is 1. The Morgan fingerprint density at radius 1 is 1.29 bits per heavy atom. The maximum Gasteiger partial charge on any atom is 0.330 e. The van der Waals surface area contributed by atoms with Crippen LogP contribution in [0.4, 0.5) is 5.69 Å². The molecule has 0 spiro atoms. The number of ether oxygens (including phenoxy) is 1. The molecule has 0 bridgehead atoms. The average molecular weight is 287 g/mol. The van der Waals surface area contributed by atoms with Crippen LogP contribution in [0.3, 0.4) is 0 Å². The summed E-state index contributed by atoms with van der Waals surface area (Å²) in [5.74, 6) is -0.230. The maximum atomic E-state index is 12.0. The molecule has 0 radical (unpaired) electrons. The zero-order chi connectivity index (χ0) is 15.2. The lowest BCUT2D eigenvalue weighted by Crippen LogP contribution is -2.22. The summed E-state index contributed by atoms with van der Waals surface area (Å²) >= 11 is 0. The molecule has 0 amide bonds. The average Bonchev–Trinajstić information content (AvgIpc) is 2.95. The number of carbonyl (C=O) groups is 1. The summed E-state index contributed by atoms with van der Waals surface area (Å²) in [6, 6.07) is 7.21. The van der Waals surface area contributed by atoms with Crippen molar-refractivity contribution in [3.63, 3.8) is 0 Å². The van der Waals surface area contributed by atoms with E-state index in [0.717, 1.165) is 23.2 Å². The summed E-state index contributed by atoms with van der Waals surface area (Å²) in [5.41, 5.74) is 8.39. The van der Waals surface area contributed by atoms with Gasteiger partial charge < -0.3 is 10.5 Å². The number of hydrogen-bond acceptors (Lipinski definition) is 4. The van der Waals surface area contributed by atoms with Gasteiger partial charge in [-0.1, -0.05) is 25.5 Å². The van der Waals surface area contributed by atoms with E-state index in [4.69, 9.17) is 10.5 Å². The van der Waals surface area contributed by atoms with Crippen molar-refractivity contribution in [2.45, 2.75) is 32.7 Å². The molecular weight excluding hydrogens is 266 g/mol. The highest BCUT2D eigenvalue weighted by Gasteiger charge is 2.21. The third-order valence-electron chi connectivity index (χ3n) is 3.29. The highest BCUT2D eigenvalue weighted by Crippen LogP contribution is 2.23. The van der Waals surface area contributed by atoms with Crippen LogP contribution in [0.1, 0.15) is 32.7 Å². The van der Waals surface area contributed by atoms with E-state index in [2.05, 4.69) is 5.10 Å². The van der Waals surface area contributed by atoms with Crippen molar-refractivity contribution in [3.8, 4) is 11.1 Å². The lowest BCUT2D eigenvalue weighted by Gasteiger charge is -2.15. The molecule has 21 heavy (non-hydrogen) atoms. The van der Waals surface area contributed by atoms with Crippen LogP contribution in [0.25, 0.3) is 11.1 Å². The number of nitrogens with two attached hydrogens (primary N) is 1. The van der Waals surface area contributed by atoms with Crippen molar-refractivity contribution < 1.29 is 9.53 Å². The standard InChI is InChI=1S/C16H21N3O2/c1-3-5-15(16(20)21-4-2)19-11-13(10-18-19)12-6-8-14(17)9-7-12/h6-11,15H,3-5,17H2,1-2H3. The van der Waals surface area contributed by atoms with Crippen LogP contribution in [0.5, 0.6) is 0 Å². The topological polar surface area (TPSA) is 70.1 Å². The molecule has 0 fully saturated rings. The molecule has 5 nitrogen and oxygen atoms in total. The number of aromatic nitrogens is 2. The van der Waals surface area contributed by atoms with Crippen LogP contribution in [0, 0.1) is 0 Å². The predicted molar refractivity (Wildman–Crippen MR) is 82.7 cm³/mol. The van der Waals surface area contributed by atoms with Crippen molar-refractivity contribution in [2.24, 2.45) is 0 Å². The fourth-order valence-electron chi connectivity index (χ4n) is 2.20. The summed E-state index contributed by atoms with van der Waals surface area (Å²) in [6.45, 7) is 4.23. The van der Waals surface area contributed by atoms with Crippen molar-refractivity contribution >= 4 is 11.7 Å². The van der Waals surface area contributed by atoms with Gasteiger partial charge in [0, 0.05) is 17.4 Å². The minimum absolute atomic E-state index is 0.230. The van der Waals surface area contributed by atoms with Gasteiger partial charge in [-0.25, -0.2) is 4.79 Å². The molecule has 0 aliphatic heterocycles. The van der Waals surface area contributed by atoms with E-state index in [-0.39, 0.29) is 12.0 Å². The molecule has 1 atom stereocenters. The Balaban J connectivity index is 2.23. The molecule has 2 rings (SSSR count). The van der Waals surface area contributed by atoms with E-state index in [9.17, 15) is 4.79 Å². The van der Waals surface area contributed by atoms with E-state index in [0.29, 0.717) is 13.0 Å². The van der Waals surface area contributed by atoms with Crippen LogP contribution in [0.2, 0.25) is 0 Å². The van der Waals surface area contributed by atoms with E-state index < -0.39 is 0 Å². The number of hydrogen-bond donors (Lipinski definition) is 1. The molecule has 2 aromatic rings. The first kappa shape index (κ1) is 15.1. The number of benzene rings is 1. The molecule has 5 heteroatoms. The van der Waals surface area contributed by atoms with E-state index in [1.54, 1.807) is 10.9 Å². The Bertz CT molecular complexity index is 590. The fraction of sp³-hybridized carbons (Fsp3) is 0.375. The lowest BCUT2D eigenvalue weighted by atomic mass is 10.1. The van der Waals surface area contributed by atoms with Gasteiger partial charge in [0.05, 0.1) is 12.8 Å². The van der Waals surface area contributed by atoms with Crippen molar-refractivity contribution in [3.05, 3.63) is 36.7 Å². The fourth-order valence-corrected chi connectivity index (χ4v) is 2.20. The van der Waals surface area contributed by atoms with E-state index >= 15 is 0 Å². The number of nitrogen functional groups attached to an aromatic ring is 1. The molecule has 0 aliphatic rings. The summed E-state index contributed by atoms with van der Waals surface area (Å²) in [5, 5.41) is 4.32. The Morgan fingerprint density at radius 3 is 2.62 bits per heavy atom. The zero-order valence-corrected chi connectivity index (χ0v) is 12.5. The first-order valence-corrected chi connectivity index (χ1v) is 7.22. The molecule has 1 aromatic carbocycles. The molecule has 1 aromatic heterocycles. The predicted octanol–water partition coefficient (Wildman–Crippen LogP) is 3.04. The summed E-state index contributed by atoms with van der Waals surface area (Å²) in [7, 11) is 0. The number of esters is 1. The number of rotatable bonds is 6. The Kier molecular flexibility index (Phi) is 4.98. The second kappa shape index (κ2) is 6.92. The third kappa shape index (κ3) is 3.62. The molecule has 0 saturated heterocycles. The molecule has 2 N–H and O–H groups in total. The van der Waals surface area contributed by atoms with Gasteiger partial charge in [-0.15, -0.1) is 0 Å². The second-order valence-electron chi connectivity index (χ2n) is 4.89. The first-order valence-electron chi connectivity index (χ1n) is 7.22. The smallest absolute Gasteiger partial charge is 0.330 e. The van der Waals surface area contributed by atoms with Crippen molar-refractivity contribution in [1.29, 1.82) is 0 Å². The van der Waals surface area contributed by atoms with Crippen LogP contribution >= 0.6 is 0 Å². The Hall–Kier alpha value is -2.30. The van der Waals surface area contributed by atoms with Crippen molar-refractivity contribution in [1.82, 2.24) is 9.78 Å². The van der Waals surface area contributed by atoms with Gasteiger partial charge >= 0.3 is 5.97 Å². The van der Waals surface area contributed by atoms with Crippen LogP contribution in [-0.2, 0) is 9.53 Å². The number of nitrogens with zero attached hydrogens (tertiary/aromatic N) is 2. The highest BCUT2D eigenvalue weighted by atomic mass is 16.5. The first-order chi connectivity index (χ1) is 10.2. The van der Waals surface area contributed by atoms with Gasteiger partial charge in [0.15, 0.2) is 0 Å². The van der Waals surface area contributed by atoms with E-state index in [1.807, 2.05) is 44.3 Å². The summed E-state index contributed by atoms with van der Waals surface area (Å²) < 4.78 is 6.81. The molecule has 0 saturated carbocycles. The minimum atomic E-state index is -0.363. The van der Waals surface area contributed by atoms with Gasteiger partial charge in [-0.3, -0.25) is 4.68 Å². The van der Waals surface area contributed by atoms with Gasteiger partial charge in [0.25, 0.3) is 0 Å². The molecule has 0 aliphatic carbocycles. The van der Waals surface area contributed by atoms with Gasteiger partial charge in [0.1, 0.15) is 6.04 Å². The normalized spacial score (nSPS) is 12.1.